The van der Waals surface area contributed by atoms with E-state index in [4.69, 9.17) is 0 Å². The minimum atomic E-state index is -6.15. The fourth-order valence-corrected chi connectivity index (χ4v) is 1.56. The second kappa shape index (κ2) is 6.27. The van der Waals surface area contributed by atoms with Gasteiger partial charge in [0.15, 0.2) is 0 Å². The van der Waals surface area contributed by atoms with Crippen molar-refractivity contribution in [1.82, 2.24) is 9.80 Å². The predicted octanol–water partition coefficient (Wildman–Crippen LogP) is 3.86. The normalized spacial score (nSPS) is 16.7. The first-order valence-corrected chi connectivity index (χ1v) is 5.53. The summed E-state index contributed by atoms with van der Waals surface area (Å²) in [5, 5.41) is 0. The van der Waals surface area contributed by atoms with E-state index in [0.717, 1.165) is 6.20 Å². The maximum Gasteiger partial charge on any atom is 0.379 e. The average molecular weight is 328 g/mol. The standard InChI is InChI=1S/C10H12F8N2.CH4/c1-2-19-3-4-20(6-19)5-8(13,14)10(17,18)9(15,16)7(11)12;/h3-4,7H,2,5-6H2,1H3;1H4. The van der Waals surface area contributed by atoms with Gasteiger partial charge in [0.2, 0.25) is 0 Å². The predicted molar refractivity (Wildman–Crippen MR) is 60.7 cm³/mol. The monoisotopic (exact) mass is 328 g/mol. The molecule has 1 aliphatic rings. The molecule has 126 valence electrons. The SMILES string of the molecule is C.CCN1C=CN(CC(F)(F)C(F)(F)C(F)(F)C(F)F)C1. The van der Waals surface area contributed by atoms with E-state index in [2.05, 4.69) is 0 Å². The summed E-state index contributed by atoms with van der Waals surface area (Å²) < 4.78 is 102. The van der Waals surface area contributed by atoms with Gasteiger partial charge in [0.05, 0.1) is 13.2 Å². The summed E-state index contributed by atoms with van der Waals surface area (Å²) in [7, 11) is 0. The number of alkyl halides is 8. The minimum Gasteiger partial charge on any atom is -0.359 e. The highest BCUT2D eigenvalue weighted by molar-refractivity contribution is 5.01. The van der Waals surface area contributed by atoms with Crippen molar-refractivity contribution in [3.63, 3.8) is 0 Å². The summed E-state index contributed by atoms with van der Waals surface area (Å²) in [6, 6.07) is 0. The molecule has 0 aromatic carbocycles. The molecule has 0 fully saturated rings. The summed E-state index contributed by atoms with van der Waals surface area (Å²) in [5.41, 5.74) is 0. The van der Waals surface area contributed by atoms with E-state index in [1.54, 1.807) is 6.92 Å². The second-order valence-electron chi connectivity index (χ2n) is 4.29. The van der Waals surface area contributed by atoms with Crippen LogP contribution in [0.15, 0.2) is 12.4 Å². The van der Waals surface area contributed by atoms with Gasteiger partial charge in [-0.3, -0.25) is 0 Å². The Kier molecular flexibility index (Phi) is 5.90. The zero-order chi connectivity index (χ0) is 15.8. The van der Waals surface area contributed by atoms with Crippen molar-refractivity contribution in [2.45, 2.75) is 38.5 Å². The number of hydrogen-bond acceptors (Lipinski definition) is 2. The first kappa shape index (κ1) is 19.8. The third-order valence-electron chi connectivity index (χ3n) is 2.81. The molecule has 0 radical (unpaired) electrons. The van der Waals surface area contributed by atoms with Crippen LogP contribution in [-0.2, 0) is 0 Å². The Hall–Kier alpha value is -1.22. The molecule has 0 saturated heterocycles. The van der Waals surface area contributed by atoms with E-state index in [1.807, 2.05) is 0 Å². The molecule has 10 heteroatoms. The fourth-order valence-electron chi connectivity index (χ4n) is 1.56. The highest BCUT2D eigenvalue weighted by Crippen LogP contribution is 2.48. The van der Waals surface area contributed by atoms with E-state index in [1.165, 1.54) is 11.1 Å². The van der Waals surface area contributed by atoms with Crippen molar-refractivity contribution in [2.24, 2.45) is 0 Å². The van der Waals surface area contributed by atoms with Gasteiger partial charge in [-0.25, -0.2) is 8.78 Å². The number of halogens is 8. The zero-order valence-electron chi connectivity index (χ0n) is 10.3. The molecule has 0 N–H and O–H groups in total. The molecule has 0 aromatic rings. The molecule has 0 amide bonds. The summed E-state index contributed by atoms with van der Waals surface area (Å²) in [4.78, 5) is 2.10. The lowest BCUT2D eigenvalue weighted by Gasteiger charge is -2.34. The smallest absolute Gasteiger partial charge is 0.359 e. The van der Waals surface area contributed by atoms with Crippen molar-refractivity contribution in [2.75, 3.05) is 19.8 Å². The maximum absolute atomic E-state index is 13.3. The molecule has 1 heterocycles. The maximum atomic E-state index is 13.3. The fraction of sp³-hybridized carbons (Fsp3) is 0.818. The van der Waals surface area contributed by atoms with Crippen LogP contribution in [0.25, 0.3) is 0 Å². The van der Waals surface area contributed by atoms with Crippen molar-refractivity contribution in [3.05, 3.63) is 12.4 Å². The van der Waals surface area contributed by atoms with Gasteiger partial charge in [0, 0.05) is 18.9 Å². The van der Waals surface area contributed by atoms with Crippen molar-refractivity contribution < 1.29 is 35.1 Å². The highest BCUT2D eigenvalue weighted by Gasteiger charge is 2.75. The molecule has 0 aliphatic carbocycles. The quantitative estimate of drug-likeness (QED) is 0.683. The van der Waals surface area contributed by atoms with Crippen LogP contribution in [0.1, 0.15) is 14.4 Å². The largest absolute Gasteiger partial charge is 0.379 e. The van der Waals surface area contributed by atoms with Gasteiger partial charge in [-0.2, -0.15) is 26.3 Å². The van der Waals surface area contributed by atoms with Gasteiger partial charge in [0.1, 0.15) is 0 Å². The van der Waals surface area contributed by atoms with Gasteiger partial charge in [0.25, 0.3) is 0 Å². The van der Waals surface area contributed by atoms with E-state index < -0.39 is 30.7 Å². The number of nitrogens with zero attached hydrogens (tertiary/aromatic N) is 2. The van der Waals surface area contributed by atoms with Crippen LogP contribution in [-0.4, -0.2) is 53.8 Å². The number of rotatable bonds is 6. The number of hydrogen-bond donors (Lipinski definition) is 0. The molecule has 0 unspecified atom stereocenters. The third kappa shape index (κ3) is 3.52. The Morgan fingerprint density at radius 2 is 1.48 bits per heavy atom. The Balaban J connectivity index is 0.00000400. The first-order chi connectivity index (χ1) is 8.95. The van der Waals surface area contributed by atoms with Gasteiger partial charge >= 0.3 is 24.2 Å². The molecule has 1 rings (SSSR count). The van der Waals surface area contributed by atoms with Gasteiger partial charge in [-0.1, -0.05) is 7.43 Å². The summed E-state index contributed by atoms with van der Waals surface area (Å²) in [6.07, 6.45) is -2.57. The first-order valence-electron chi connectivity index (χ1n) is 5.53. The van der Waals surface area contributed by atoms with E-state index in [-0.39, 0.29) is 14.1 Å². The van der Waals surface area contributed by atoms with Crippen LogP contribution < -0.4 is 0 Å². The molecule has 2 nitrogen and oxygen atoms in total. The molecule has 0 bridgehead atoms. The van der Waals surface area contributed by atoms with Crippen molar-refractivity contribution in [1.29, 1.82) is 0 Å². The molecule has 0 atom stereocenters. The van der Waals surface area contributed by atoms with Crippen molar-refractivity contribution >= 4 is 0 Å². The van der Waals surface area contributed by atoms with Gasteiger partial charge < -0.3 is 9.80 Å². The summed E-state index contributed by atoms with van der Waals surface area (Å²) in [6.45, 7) is 0.0609. The lowest BCUT2D eigenvalue weighted by Crippen LogP contribution is -2.60. The Bertz CT molecular complexity index is 369. The van der Waals surface area contributed by atoms with Crippen LogP contribution in [0.2, 0.25) is 0 Å². The van der Waals surface area contributed by atoms with Crippen LogP contribution in [0.4, 0.5) is 35.1 Å². The van der Waals surface area contributed by atoms with Crippen LogP contribution >= 0.6 is 0 Å². The Morgan fingerprint density at radius 1 is 1.00 bits per heavy atom. The second-order valence-corrected chi connectivity index (χ2v) is 4.29. The summed E-state index contributed by atoms with van der Waals surface area (Å²) in [5.74, 6) is -17.6. The van der Waals surface area contributed by atoms with Gasteiger partial charge in [-0.15, -0.1) is 0 Å². The lowest BCUT2D eigenvalue weighted by molar-refractivity contribution is -0.339. The van der Waals surface area contributed by atoms with Crippen LogP contribution in [0.5, 0.6) is 0 Å². The van der Waals surface area contributed by atoms with Crippen molar-refractivity contribution in [3.8, 4) is 0 Å². The molecular weight excluding hydrogens is 312 g/mol. The van der Waals surface area contributed by atoms with E-state index >= 15 is 0 Å². The molecule has 0 spiro atoms. The third-order valence-corrected chi connectivity index (χ3v) is 2.81. The highest BCUT2D eigenvalue weighted by atomic mass is 19.4. The average Bonchev–Trinajstić information content (AvgIpc) is 2.75. The molecule has 1 aliphatic heterocycles. The van der Waals surface area contributed by atoms with E-state index in [9.17, 15) is 35.1 Å². The van der Waals surface area contributed by atoms with E-state index in [0.29, 0.717) is 11.4 Å². The topological polar surface area (TPSA) is 6.48 Å². The molecule has 21 heavy (non-hydrogen) atoms. The lowest BCUT2D eigenvalue weighted by atomic mass is 10.0. The molecular formula is C11H16F8N2. The minimum absolute atomic E-state index is 0. The Labute approximate surface area is 117 Å². The van der Waals surface area contributed by atoms with Gasteiger partial charge in [-0.05, 0) is 6.92 Å². The molecule has 0 aromatic heterocycles. The summed E-state index contributed by atoms with van der Waals surface area (Å²) >= 11 is 0. The zero-order valence-corrected chi connectivity index (χ0v) is 10.3. The molecule has 0 saturated carbocycles. The Morgan fingerprint density at radius 3 is 1.86 bits per heavy atom. The van der Waals surface area contributed by atoms with Crippen LogP contribution in [0, 0.1) is 0 Å². The van der Waals surface area contributed by atoms with Crippen LogP contribution in [0.3, 0.4) is 0 Å².